The molecule has 1 atom stereocenters. The van der Waals surface area contributed by atoms with E-state index < -0.39 is 12.2 Å². The summed E-state index contributed by atoms with van der Waals surface area (Å²) >= 11 is 11.0. The van der Waals surface area contributed by atoms with Gasteiger partial charge in [0.2, 0.25) is 4.58 Å². The highest BCUT2D eigenvalue weighted by atomic mass is 35.5. The van der Waals surface area contributed by atoms with E-state index in [1.54, 1.807) is 13.8 Å². The molecule has 14 heavy (non-hydrogen) atoms. The summed E-state index contributed by atoms with van der Waals surface area (Å²) in [6, 6.07) is 0. The minimum absolute atomic E-state index is 0.0447. The Hall–Kier alpha value is 0.690. The Morgan fingerprint density at radius 2 is 2.00 bits per heavy atom. The van der Waals surface area contributed by atoms with E-state index in [0.717, 1.165) is 0 Å². The molecule has 0 radical (unpaired) electrons. The largest absolute Gasteiger partial charge is 0.396 e. The summed E-state index contributed by atoms with van der Waals surface area (Å²) in [4.78, 5) is 0. The molecule has 0 heterocycles. The van der Waals surface area contributed by atoms with Crippen LogP contribution in [0.25, 0.3) is 0 Å². The first kappa shape index (κ1) is 14.7. The van der Waals surface area contributed by atoms with Gasteiger partial charge in [0.25, 0.3) is 0 Å². The van der Waals surface area contributed by atoms with Gasteiger partial charge in [-0.1, -0.05) is 23.2 Å². The molecule has 7 heteroatoms. The van der Waals surface area contributed by atoms with Crippen LogP contribution in [0, 0.1) is 0 Å². The van der Waals surface area contributed by atoms with Gasteiger partial charge in [0.15, 0.2) is 0 Å². The fraction of sp³-hybridized carbons (Fsp3) is 1.00. The van der Waals surface area contributed by atoms with Crippen LogP contribution < -0.4 is 0 Å². The van der Waals surface area contributed by atoms with Gasteiger partial charge >= 0.3 is 7.60 Å². The van der Waals surface area contributed by atoms with Crippen molar-refractivity contribution in [3.8, 4) is 0 Å². The van der Waals surface area contributed by atoms with Gasteiger partial charge in [-0.15, -0.1) is 0 Å². The van der Waals surface area contributed by atoms with Crippen molar-refractivity contribution in [2.45, 2.75) is 30.9 Å². The fourth-order valence-electron chi connectivity index (χ4n) is 0.683. The lowest BCUT2D eigenvalue weighted by Crippen LogP contribution is -2.09. The van der Waals surface area contributed by atoms with Crippen LogP contribution in [0.4, 0.5) is 0 Å². The van der Waals surface area contributed by atoms with Gasteiger partial charge in [-0.25, -0.2) is 0 Å². The summed E-state index contributed by atoms with van der Waals surface area (Å²) in [6.07, 6.45) is 0.0846. The highest BCUT2D eigenvalue weighted by molar-refractivity contribution is 7.58. The molecule has 0 aliphatic rings. The van der Waals surface area contributed by atoms with Crippen LogP contribution in [-0.4, -0.2) is 29.0 Å². The van der Waals surface area contributed by atoms with E-state index >= 15 is 0 Å². The molecule has 0 fully saturated rings. The van der Waals surface area contributed by atoms with Gasteiger partial charge in [0.05, 0.1) is 12.7 Å². The highest BCUT2D eigenvalue weighted by Gasteiger charge is 2.34. The molecule has 0 aliphatic carbocycles. The first-order valence-electron chi connectivity index (χ1n) is 4.24. The molecular weight excluding hydrogens is 250 g/mol. The normalized spacial score (nSPS) is 16.2. The molecule has 0 aromatic rings. The summed E-state index contributed by atoms with van der Waals surface area (Å²) in [7, 11) is -3.46. The summed E-state index contributed by atoms with van der Waals surface area (Å²) < 4.78 is 20.6. The van der Waals surface area contributed by atoms with E-state index in [1.165, 1.54) is 0 Å². The number of rotatable bonds is 7. The Kier molecular flexibility index (Phi) is 7.39. The van der Waals surface area contributed by atoms with Gasteiger partial charge in [0, 0.05) is 6.61 Å². The van der Waals surface area contributed by atoms with Crippen LogP contribution in [0.1, 0.15) is 20.3 Å². The van der Waals surface area contributed by atoms with Crippen LogP contribution in [0.2, 0.25) is 0 Å². The van der Waals surface area contributed by atoms with E-state index in [2.05, 4.69) is 0 Å². The molecule has 0 spiro atoms. The second kappa shape index (κ2) is 7.04. The van der Waals surface area contributed by atoms with Gasteiger partial charge in [-0.05, 0) is 20.3 Å². The third-order valence-corrected chi connectivity index (χ3v) is 4.34. The topological polar surface area (TPSA) is 55.8 Å². The zero-order valence-electron chi connectivity index (χ0n) is 8.15. The molecule has 0 amide bonds. The maximum absolute atomic E-state index is 11.8. The van der Waals surface area contributed by atoms with Gasteiger partial charge < -0.3 is 14.2 Å². The van der Waals surface area contributed by atoms with E-state index in [0.29, 0.717) is 6.42 Å². The first-order valence-corrected chi connectivity index (χ1v) is 6.72. The monoisotopic (exact) mass is 264 g/mol. The van der Waals surface area contributed by atoms with Crippen LogP contribution in [-0.2, 0) is 13.6 Å². The second-order valence-electron chi connectivity index (χ2n) is 2.88. The van der Waals surface area contributed by atoms with E-state index in [4.69, 9.17) is 37.4 Å². The zero-order chi connectivity index (χ0) is 11.2. The Morgan fingerprint density at radius 3 is 2.36 bits per heavy atom. The van der Waals surface area contributed by atoms with E-state index in [9.17, 15) is 4.57 Å². The number of aliphatic hydroxyl groups is 1. The lowest BCUT2D eigenvalue weighted by molar-refractivity contribution is 0.159. The average Bonchev–Trinajstić information content (AvgIpc) is 2.03. The lowest BCUT2D eigenvalue weighted by atomic mass is 10.5. The number of hydrogen-bond donors (Lipinski definition) is 1. The maximum Gasteiger partial charge on any atom is 0.363 e. The van der Waals surface area contributed by atoms with Crippen molar-refractivity contribution >= 4 is 30.8 Å². The molecule has 0 bridgehead atoms. The summed E-state index contributed by atoms with van der Waals surface area (Å²) in [6.45, 7) is 3.48. The summed E-state index contributed by atoms with van der Waals surface area (Å²) in [5.41, 5.74) is 0. The Bertz CT molecular complexity index is 198. The van der Waals surface area contributed by atoms with Crippen molar-refractivity contribution < 1.29 is 18.7 Å². The number of hydrogen-bond acceptors (Lipinski definition) is 4. The zero-order valence-corrected chi connectivity index (χ0v) is 10.6. The third kappa shape index (κ3) is 5.54. The van der Waals surface area contributed by atoms with Crippen molar-refractivity contribution in [2.75, 3.05) is 13.2 Å². The average molecular weight is 265 g/mol. The molecule has 0 aliphatic heterocycles. The molecule has 4 nitrogen and oxygen atoms in total. The minimum Gasteiger partial charge on any atom is -0.396 e. The van der Waals surface area contributed by atoms with Gasteiger partial charge in [-0.2, -0.15) is 0 Å². The third-order valence-electron chi connectivity index (χ3n) is 1.17. The number of halogens is 2. The Morgan fingerprint density at radius 1 is 1.43 bits per heavy atom. The van der Waals surface area contributed by atoms with Gasteiger partial charge in [-0.3, -0.25) is 4.57 Å². The lowest BCUT2D eigenvalue weighted by Gasteiger charge is -2.21. The van der Waals surface area contributed by atoms with Crippen LogP contribution >= 0.6 is 30.8 Å². The number of aliphatic hydroxyl groups excluding tert-OH is 1. The molecule has 1 N–H and O–H groups in total. The Balaban J connectivity index is 4.18. The molecule has 0 rings (SSSR count). The molecule has 0 aromatic carbocycles. The summed E-state index contributed by atoms with van der Waals surface area (Å²) in [5.74, 6) is 0. The predicted molar refractivity (Wildman–Crippen MR) is 57.0 cm³/mol. The molecule has 1 unspecified atom stereocenters. The van der Waals surface area contributed by atoms with Gasteiger partial charge in [0.1, 0.15) is 0 Å². The Labute approximate surface area is 94.0 Å². The van der Waals surface area contributed by atoms with Crippen LogP contribution in [0.5, 0.6) is 0 Å². The molecule has 86 valence electrons. The van der Waals surface area contributed by atoms with Crippen molar-refractivity contribution in [1.29, 1.82) is 0 Å². The number of alkyl halides is 2. The second-order valence-corrected chi connectivity index (χ2v) is 6.65. The molecule has 0 saturated carbocycles. The maximum atomic E-state index is 11.8. The fourth-order valence-corrected chi connectivity index (χ4v) is 2.53. The van der Waals surface area contributed by atoms with Crippen molar-refractivity contribution in [3.05, 3.63) is 0 Å². The molecule has 0 aromatic heterocycles. The summed E-state index contributed by atoms with van der Waals surface area (Å²) in [5, 5.41) is 8.51. The molecular formula is C7H15Cl2O4P. The van der Waals surface area contributed by atoms with E-state index in [-0.39, 0.29) is 19.3 Å². The van der Waals surface area contributed by atoms with Crippen LogP contribution in [0.3, 0.4) is 0 Å². The smallest absolute Gasteiger partial charge is 0.363 e. The van der Waals surface area contributed by atoms with Crippen molar-refractivity contribution in [2.24, 2.45) is 0 Å². The minimum atomic E-state index is -3.46. The first-order chi connectivity index (χ1) is 6.42. The van der Waals surface area contributed by atoms with Crippen molar-refractivity contribution in [1.82, 2.24) is 0 Å². The van der Waals surface area contributed by atoms with E-state index in [1.807, 2.05) is 0 Å². The quantitative estimate of drug-likeness (QED) is 0.437. The highest BCUT2D eigenvalue weighted by Crippen LogP contribution is 2.57. The molecule has 0 saturated heterocycles. The SMILES string of the molecule is CC(C)OP(=O)(OCCCO)C(Cl)Cl. The predicted octanol–water partition coefficient (Wildman–Crippen LogP) is 2.76. The van der Waals surface area contributed by atoms with Crippen molar-refractivity contribution in [3.63, 3.8) is 0 Å². The standard InChI is InChI=1S/C7H15Cl2O4P/c1-6(2)13-14(11,7(8)9)12-5-3-4-10/h6-7,10H,3-5H2,1-2H3. The van der Waals surface area contributed by atoms with Crippen LogP contribution in [0.15, 0.2) is 0 Å².